The predicted octanol–water partition coefficient (Wildman–Crippen LogP) is 5.38. The van der Waals surface area contributed by atoms with Gasteiger partial charge in [0.25, 0.3) is 0 Å². The number of hydrogen-bond acceptors (Lipinski definition) is 1. The average molecular weight is 258 g/mol. The minimum absolute atomic E-state index is 0.794. The van der Waals surface area contributed by atoms with Gasteiger partial charge in [-0.1, -0.05) is 22.8 Å². The number of thioether (sulfide) groups is 1. The Bertz CT molecular complexity index is 478. The van der Waals surface area contributed by atoms with Crippen LogP contribution in [0.15, 0.2) is 33.3 Å². The van der Waals surface area contributed by atoms with Crippen molar-refractivity contribution in [3.63, 3.8) is 0 Å². The lowest BCUT2D eigenvalue weighted by molar-refractivity contribution is 0.576. The van der Waals surface area contributed by atoms with Crippen LogP contribution in [0.1, 0.15) is 58.3 Å². The van der Waals surface area contributed by atoms with E-state index in [-0.39, 0.29) is 0 Å². The molecule has 18 heavy (non-hydrogen) atoms. The highest BCUT2D eigenvalue weighted by Gasteiger charge is 2.41. The SMILES string of the molecule is CC1=CC2=C(CCCC2)C2SC3=C(CCCC3)C12. The highest BCUT2D eigenvalue weighted by Crippen LogP contribution is 2.56. The van der Waals surface area contributed by atoms with E-state index in [2.05, 4.69) is 24.8 Å². The van der Waals surface area contributed by atoms with E-state index in [4.69, 9.17) is 0 Å². The van der Waals surface area contributed by atoms with E-state index in [0.29, 0.717) is 0 Å². The molecule has 0 aromatic carbocycles. The van der Waals surface area contributed by atoms with Gasteiger partial charge in [-0.15, -0.1) is 11.8 Å². The zero-order chi connectivity index (χ0) is 12.1. The van der Waals surface area contributed by atoms with Crippen LogP contribution < -0.4 is 0 Å². The molecular weight excluding hydrogens is 236 g/mol. The maximum Gasteiger partial charge on any atom is 0.0409 e. The van der Waals surface area contributed by atoms with Gasteiger partial charge >= 0.3 is 0 Å². The van der Waals surface area contributed by atoms with E-state index in [1.54, 1.807) is 16.1 Å². The summed E-state index contributed by atoms with van der Waals surface area (Å²) in [5.41, 5.74) is 7.05. The maximum atomic E-state index is 2.56. The quantitative estimate of drug-likeness (QED) is 0.562. The van der Waals surface area contributed by atoms with Crippen LogP contribution in [0.2, 0.25) is 0 Å². The Morgan fingerprint density at radius 1 is 0.944 bits per heavy atom. The lowest BCUT2D eigenvalue weighted by Crippen LogP contribution is -2.25. The minimum Gasteiger partial charge on any atom is -0.122 e. The third-order valence-corrected chi connectivity index (χ3v) is 6.76. The third-order valence-electron chi connectivity index (χ3n) is 5.20. The normalized spacial score (nSPS) is 35.1. The molecule has 4 aliphatic rings. The Kier molecular flexibility index (Phi) is 2.72. The molecule has 4 rings (SSSR count). The lowest BCUT2D eigenvalue weighted by atomic mass is 9.73. The molecule has 2 atom stereocenters. The van der Waals surface area contributed by atoms with Gasteiger partial charge in [-0.05, 0) is 68.8 Å². The zero-order valence-corrected chi connectivity index (χ0v) is 12.1. The lowest BCUT2D eigenvalue weighted by Gasteiger charge is -2.34. The fourth-order valence-corrected chi connectivity index (χ4v) is 6.24. The largest absolute Gasteiger partial charge is 0.122 e. The van der Waals surface area contributed by atoms with Crippen molar-refractivity contribution >= 4 is 11.8 Å². The molecule has 1 heterocycles. The summed E-state index contributed by atoms with van der Waals surface area (Å²) >= 11 is 2.25. The summed E-state index contributed by atoms with van der Waals surface area (Å²) in [6.45, 7) is 2.39. The molecule has 0 saturated heterocycles. The summed E-state index contributed by atoms with van der Waals surface area (Å²) in [4.78, 5) is 1.78. The molecule has 0 saturated carbocycles. The predicted molar refractivity (Wildman–Crippen MR) is 79.6 cm³/mol. The van der Waals surface area contributed by atoms with Crippen molar-refractivity contribution in [1.82, 2.24) is 0 Å². The van der Waals surface area contributed by atoms with Crippen LogP contribution in [-0.2, 0) is 0 Å². The topological polar surface area (TPSA) is 0 Å². The fraction of sp³-hybridized carbons (Fsp3) is 0.647. The fourth-order valence-electron chi connectivity index (χ4n) is 4.36. The molecular formula is C17H22S. The highest BCUT2D eigenvalue weighted by atomic mass is 32.2. The number of hydrogen-bond donors (Lipinski definition) is 0. The second kappa shape index (κ2) is 4.30. The number of allylic oxidation sites excluding steroid dienone is 5. The standard InChI is InChI=1S/C17H22S/c1-11-10-12-6-2-3-7-13(12)17-16(11)14-8-4-5-9-15(14)18-17/h10,16-17H,2-9H2,1H3. The van der Waals surface area contributed by atoms with Crippen LogP contribution in [0.4, 0.5) is 0 Å². The first kappa shape index (κ1) is 11.4. The molecule has 1 heteroatoms. The number of fused-ring (bicyclic) bond motifs is 3. The Labute approximate surface area is 115 Å². The van der Waals surface area contributed by atoms with E-state index in [9.17, 15) is 0 Å². The van der Waals surface area contributed by atoms with E-state index in [0.717, 1.165) is 11.2 Å². The van der Waals surface area contributed by atoms with Gasteiger partial charge in [0.2, 0.25) is 0 Å². The molecule has 0 nitrogen and oxygen atoms in total. The first-order valence-corrected chi connectivity index (χ1v) is 8.51. The van der Waals surface area contributed by atoms with Crippen LogP contribution in [0.5, 0.6) is 0 Å². The summed E-state index contributed by atoms with van der Waals surface area (Å²) in [5.74, 6) is 0.794. The molecule has 0 fully saturated rings. The first-order valence-electron chi connectivity index (χ1n) is 7.63. The van der Waals surface area contributed by atoms with Gasteiger partial charge in [-0.2, -0.15) is 0 Å². The minimum atomic E-state index is 0.794. The second-order valence-electron chi connectivity index (χ2n) is 6.32. The Morgan fingerprint density at radius 2 is 1.67 bits per heavy atom. The first-order chi connectivity index (χ1) is 8.84. The molecule has 3 aliphatic carbocycles. The van der Waals surface area contributed by atoms with Crippen molar-refractivity contribution in [2.75, 3.05) is 0 Å². The maximum absolute atomic E-state index is 2.56. The van der Waals surface area contributed by atoms with Crippen molar-refractivity contribution in [3.8, 4) is 0 Å². The summed E-state index contributed by atoms with van der Waals surface area (Å²) in [6.07, 6.45) is 13.8. The van der Waals surface area contributed by atoms with Gasteiger partial charge in [-0.3, -0.25) is 0 Å². The molecule has 0 aromatic rings. The van der Waals surface area contributed by atoms with Crippen molar-refractivity contribution in [3.05, 3.63) is 33.3 Å². The van der Waals surface area contributed by atoms with E-state index >= 15 is 0 Å². The molecule has 0 N–H and O–H groups in total. The summed E-state index contributed by atoms with van der Waals surface area (Å²) in [5, 5.41) is 0.813. The molecule has 0 aromatic heterocycles. The molecule has 0 spiro atoms. The van der Waals surface area contributed by atoms with Crippen molar-refractivity contribution in [2.45, 2.75) is 63.5 Å². The second-order valence-corrected chi connectivity index (χ2v) is 7.55. The molecule has 0 bridgehead atoms. The van der Waals surface area contributed by atoms with Crippen LogP contribution in [-0.4, -0.2) is 5.25 Å². The summed E-state index contributed by atoms with van der Waals surface area (Å²) in [6, 6.07) is 0. The molecule has 96 valence electrons. The molecule has 1 aliphatic heterocycles. The average Bonchev–Trinajstić information content (AvgIpc) is 2.79. The number of rotatable bonds is 0. The Hall–Kier alpha value is -0.430. The molecule has 2 unspecified atom stereocenters. The van der Waals surface area contributed by atoms with Crippen molar-refractivity contribution in [1.29, 1.82) is 0 Å². The Balaban J connectivity index is 1.76. The van der Waals surface area contributed by atoms with Gasteiger partial charge in [0.1, 0.15) is 0 Å². The van der Waals surface area contributed by atoms with E-state index < -0.39 is 0 Å². The van der Waals surface area contributed by atoms with Gasteiger partial charge in [0.05, 0.1) is 0 Å². The summed E-state index contributed by atoms with van der Waals surface area (Å²) in [7, 11) is 0. The third kappa shape index (κ3) is 1.59. The van der Waals surface area contributed by atoms with Crippen LogP contribution >= 0.6 is 11.8 Å². The van der Waals surface area contributed by atoms with Crippen LogP contribution in [0, 0.1) is 5.92 Å². The van der Waals surface area contributed by atoms with Crippen LogP contribution in [0.25, 0.3) is 0 Å². The van der Waals surface area contributed by atoms with Crippen molar-refractivity contribution in [2.24, 2.45) is 5.92 Å². The van der Waals surface area contributed by atoms with Gasteiger partial charge in [0.15, 0.2) is 0 Å². The molecule has 0 radical (unpaired) electrons. The Morgan fingerprint density at radius 3 is 2.56 bits per heavy atom. The van der Waals surface area contributed by atoms with E-state index in [1.807, 2.05) is 11.1 Å². The smallest absolute Gasteiger partial charge is 0.0409 e. The van der Waals surface area contributed by atoms with Crippen molar-refractivity contribution < 1.29 is 0 Å². The van der Waals surface area contributed by atoms with Crippen LogP contribution in [0.3, 0.4) is 0 Å². The van der Waals surface area contributed by atoms with Gasteiger partial charge < -0.3 is 0 Å². The molecule has 0 amide bonds. The summed E-state index contributed by atoms with van der Waals surface area (Å²) < 4.78 is 0. The zero-order valence-electron chi connectivity index (χ0n) is 11.3. The highest BCUT2D eigenvalue weighted by molar-refractivity contribution is 8.04. The van der Waals surface area contributed by atoms with E-state index in [1.165, 1.54) is 51.4 Å². The van der Waals surface area contributed by atoms with Gasteiger partial charge in [-0.25, -0.2) is 0 Å². The van der Waals surface area contributed by atoms with Gasteiger partial charge in [0, 0.05) is 11.2 Å². The monoisotopic (exact) mass is 258 g/mol.